The van der Waals surface area contributed by atoms with Crippen LogP contribution in [0.4, 0.5) is 0 Å². The average Bonchev–Trinajstić information content (AvgIpc) is 2.54. The van der Waals surface area contributed by atoms with Crippen LogP contribution in [0.3, 0.4) is 0 Å². The van der Waals surface area contributed by atoms with Crippen molar-refractivity contribution in [2.75, 3.05) is 0 Å². The molecule has 0 saturated carbocycles. The molecule has 0 aliphatic rings. The monoisotopic (exact) mass is 325 g/mol. The maximum atomic E-state index is 12.2. The summed E-state index contributed by atoms with van der Waals surface area (Å²) in [6, 6.07) is 12.2. The minimum atomic E-state index is -0.778. The molecular formula is C19H23N3O2. The Morgan fingerprint density at radius 3 is 2.29 bits per heavy atom. The molecule has 2 amide bonds. The van der Waals surface area contributed by atoms with Crippen molar-refractivity contribution in [3.05, 3.63) is 65.5 Å². The topological polar surface area (TPSA) is 85.1 Å². The van der Waals surface area contributed by atoms with Crippen LogP contribution in [0.1, 0.15) is 42.4 Å². The lowest BCUT2D eigenvalue weighted by Crippen LogP contribution is -2.46. The zero-order chi connectivity index (χ0) is 17.7. The summed E-state index contributed by atoms with van der Waals surface area (Å²) in [4.78, 5) is 27.8. The van der Waals surface area contributed by atoms with Crippen LogP contribution in [-0.2, 0) is 16.6 Å². The molecule has 0 spiro atoms. The molecule has 3 N–H and O–H groups in total. The highest BCUT2D eigenvalue weighted by Gasteiger charge is 2.20. The van der Waals surface area contributed by atoms with E-state index in [1.807, 2.05) is 24.3 Å². The van der Waals surface area contributed by atoms with Gasteiger partial charge in [-0.2, -0.15) is 0 Å². The van der Waals surface area contributed by atoms with Crippen LogP contribution in [0.25, 0.3) is 0 Å². The van der Waals surface area contributed by atoms with Gasteiger partial charge in [0.1, 0.15) is 11.7 Å². The molecule has 1 aromatic heterocycles. The van der Waals surface area contributed by atoms with Gasteiger partial charge in [0, 0.05) is 12.6 Å². The minimum Gasteiger partial charge on any atom is -0.368 e. The SMILES string of the molecule is CC(C)(C)c1ccc(C[C@H](NC(=O)c2ccccn2)C(N)=O)cc1. The summed E-state index contributed by atoms with van der Waals surface area (Å²) in [5, 5.41) is 2.65. The molecule has 5 nitrogen and oxygen atoms in total. The largest absolute Gasteiger partial charge is 0.368 e. The summed E-state index contributed by atoms with van der Waals surface area (Å²) in [6.07, 6.45) is 1.87. The number of nitrogens with one attached hydrogen (secondary N) is 1. The molecule has 0 aliphatic heterocycles. The van der Waals surface area contributed by atoms with Gasteiger partial charge in [-0.3, -0.25) is 14.6 Å². The maximum absolute atomic E-state index is 12.2. The van der Waals surface area contributed by atoms with Crippen molar-refractivity contribution in [3.63, 3.8) is 0 Å². The number of nitrogens with two attached hydrogens (primary N) is 1. The van der Waals surface area contributed by atoms with E-state index in [2.05, 4.69) is 31.1 Å². The fourth-order valence-electron chi connectivity index (χ4n) is 2.33. The van der Waals surface area contributed by atoms with E-state index in [4.69, 9.17) is 5.73 Å². The van der Waals surface area contributed by atoms with E-state index >= 15 is 0 Å². The van der Waals surface area contributed by atoms with Gasteiger partial charge >= 0.3 is 0 Å². The van der Waals surface area contributed by atoms with Gasteiger partial charge in [0.25, 0.3) is 5.91 Å². The molecule has 1 atom stereocenters. The second-order valence-electron chi connectivity index (χ2n) is 6.79. The number of nitrogens with zero attached hydrogens (tertiary/aromatic N) is 1. The van der Waals surface area contributed by atoms with Crippen molar-refractivity contribution in [1.82, 2.24) is 10.3 Å². The Bertz CT molecular complexity index is 704. The van der Waals surface area contributed by atoms with Crippen molar-refractivity contribution in [2.24, 2.45) is 5.73 Å². The standard InChI is InChI=1S/C19H23N3O2/c1-19(2,3)14-9-7-13(8-10-14)12-16(17(20)23)22-18(24)15-6-4-5-11-21-15/h4-11,16H,12H2,1-3H3,(H2,20,23)(H,22,24)/t16-/m0/s1. The van der Waals surface area contributed by atoms with Crippen LogP contribution >= 0.6 is 0 Å². The van der Waals surface area contributed by atoms with E-state index in [9.17, 15) is 9.59 Å². The summed E-state index contributed by atoms with van der Waals surface area (Å²) in [5.41, 5.74) is 7.90. The van der Waals surface area contributed by atoms with Gasteiger partial charge in [-0.05, 0) is 28.7 Å². The molecule has 0 aliphatic carbocycles. The fraction of sp³-hybridized carbons (Fsp3) is 0.316. The number of primary amides is 1. The molecule has 1 aromatic carbocycles. The van der Waals surface area contributed by atoms with Crippen molar-refractivity contribution in [3.8, 4) is 0 Å². The molecule has 2 aromatic rings. The summed E-state index contributed by atoms with van der Waals surface area (Å²) >= 11 is 0. The Labute approximate surface area is 142 Å². The summed E-state index contributed by atoms with van der Waals surface area (Å²) in [5.74, 6) is -0.982. The van der Waals surface area contributed by atoms with Gasteiger partial charge in [0.15, 0.2) is 0 Å². The first-order chi connectivity index (χ1) is 11.3. The quantitative estimate of drug-likeness (QED) is 0.884. The Hall–Kier alpha value is -2.69. The summed E-state index contributed by atoms with van der Waals surface area (Å²) in [6.45, 7) is 6.42. The lowest BCUT2D eigenvalue weighted by molar-refractivity contribution is -0.119. The average molecular weight is 325 g/mol. The molecule has 0 bridgehead atoms. The fourth-order valence-corrected chi connectivity index (χ4v) is 2.33. The highest BCUT2D eigenvalue weighted by atomic mass is 16.2. The van der Waals surface area contributed by atoms with Gasteiger partial charge < -0.3 is 11.1 Å². The van der Waals surface area contributed by atoms with E-state index in [0.717, 1.165) is 5.56 Å². The Balaban J connectivity index is 2.09. The third-order valence-electron chi connectivity index (χ3n) is 3.81. The molecular weight excluding hydrogens is 302 g/mol. The lowest BCUT2D eigenvalue weighted by atomic mass is 9.86. The van der Waals surface area contributed by atoms with Crippen LogP contribution in [0.5, 0.6) is 0 Å². The van der Waals surface area contributed by atoms with E-state index in [0.29, 0.717) is 6.42 Å². The molecule has 24 heavy (non-hydrogen) atoms. The minimum absolute atomic E-state index is 0.0643. The lowest BCUT2D eigenvalue weighted by Gasteiger charge is -2.20. The number of benzene rings is 1. The van der Waals surface area contributed by atoms with Crippen LogP contribution in [0, 0.1) is 0 Å². The molecule has 126 valence electrons. The first-order valence-electron chi connectivity index (χ1n) is 7.88. The number of rotatable bonds is 5. The van der Waals surface area contributed by atoms with Crippen LogP contribution in [0.2, 0.25) is 0 Å². The molecule has 0 saturated heterocycles. The maximum Gasteiger partial charge on any atom is 0.270 e. The number of carbonyl (C=O) groups is 2. The van der Waals surface area contributed by atoms with Crippen LogP contribution < -0.4 is 11.1 Å². The number of hydrogen-bond donors (Lipinski definition) is 2. The zero-order valence-electron chi connectivity index (χ0n) is 14.2. The molecule has 0 radical (unpaired) electrons. The van der Waals surface area contributed by atoms with Crippen molar-refractivity contribution in [1.29, 1.82) is 0 Å². The third-order valence-corrected chi connectivity index (χ3v) is 3.81. The number of pyridine rings is 1. The zero-order valence-corrected chi connectivity index (χ0v) is 14.2. The molecule has 1 heterocycles. The highest BCUT2D eigenvalue weighted by molar-refractivity contribution is 5.95. The van der Waals surface area contributed by atoms with Gasteiger partial charge in [0.2, 0.25) is 5.91 Å². The van der Waals surface area contributed by atoms with Gasteiger partial charge in [-0.25, -0.2) is 0 Å². The summed E-state index contributed by atoms with van der Waals surface area (Å²) in [7, 11) is 0. The Morgan fingerprint density at radius 1 is 1.12 bits per heavy atom. The molecule has 0 unspecified atom stereocenters. The van der Waals surface area contributed by atoms with Crippen molar-refractivity contribution < 1.29 is 9.59 Å². The first kappa shape index (κ1) is 17.7. The number of aromatic nitrogens is 1. The van der Waals surface area contributed by atoms with E-state index < -0.39 is 17.9 Å². The van der Waals surface area contributed by atoms with Crippen LogP contribution in [-0.4, -0.2) is 22.8 Å². The molecule has 2 rings (SSSR count). The van der Waals surface area contributed by atoms with Crippen molar-refractivity contribution in [2.45, 2.75) is 38.6 Å². The highest BCUT2D eigenvalue weighted by Crippen LogP contribution is 2.22. The summed E-state index contributed by atoms with van der Waals surface area (Å²) < 4.78 is 0. The second-order valence-corrected chi connectivity index (χ2v) is 6.79. The Morgan fingerprint density at radius 2 is 1.79 bits per heavy atom. The Kier molecular flexibility index (Phi) is 5.34. The van der Waals surface area contributed by atoms with Crippen LogP contribution in [0.15, 0.2) is 48.7 Å². The predicted octanol–water partition coefficient (Wildman–Crippen LogP) is 2.21. The van der Waals surface area contributed by atoms with Gasteiger partial charge in [-0.1, -0.05) is 51.1 Å². The number of amides is 2. The van der Waals surface area contributed by atoms with E-state index in [-0.39, 0.29) is 11.1 Å². The van der Waals surface area contributed by atoms with Gasteiger partial charge in [-0.15, -0.1) is 0 Å². The van der Waals surface area contributed by atoms with Gasteiger partial charge in [0.05, 0.1) is 0 Å². The number of carbonyl (C=O) groups excluding carboxylic acids is 2. The van der Waals surface area contributed by atoms with Crippen molar-refractivity contribution >= 4 is 11.8 Å². The first-order valence-corrected chi connectivity index (χ1v) is 7.88. The number of hydrogen-bond acceptors (Lipinski definition) is 3. The second kappa shape index (κ2) is 7.25. The smallest absolute Gasteiger partial charge is 0.270 e. The molecule has 0 fully saturated rings. The predicted molar refractivity (Wildman–Crippen MR) is 93.5 cm³/mol. The molecule has 5 heteroatoms. The van der Waals surface area contributed by atoms with E-state index in [1.54, 1.807) is 18.2 Å². The third kappa shape index (κ3) is 4.65. The van der Waals surface area contributed by atoms with E-state index in [1.165, 1.54) is 11.8 Å². The normalized spacial score (nSPS) is 12.5.